The van der Waals surface area contributed by atoms with Gasteiger partial charge >= 0.3 is 0 Å². The van der Waals surface area contributed by atoms with E-state index in [0.717, 1.165) is 12.2 Å². The van der Waals surface area contributed by atoms with Gasteiger partial charge in [0.15, 0.2) is 0 Å². The summed E-state index contributed by atoms with van der Waals surface area (Å²) in [6, 6.07) is 8.00. The van der Waals surface area contributed by atoms with Gasteiger partial charge in [0.2, 0.25) is 5.91 Å². The van der Waals surface area contributed by atoms with E-state index >= 15 is 0 Å². The number of carbonyl (C=O) groups excluding carboxylic acids is 1. The number of rotatable bonds is 4. The lowest BCUT2D eigenvalue weighted by Gasteiger charge is -2.21. The number of ether oxygens (including phenoxy) is 1. The second kappa shape index (κ2) is 5.21. The van der Waals surface area contributed by atoms with Crippen LogP contribution in [0.25, 0.3) is 0 Å². The minimum absolute atomic E-state index is 0.0302. The van der Waals surface area contributed by atoms with Crippen molar-refractivity contribution < 1.29 is 9.53 Å². The zero-order valence-corrected chi connectivity index (χ0v) is 11.6. The molecule has 0 bridgehead atoms. The summed E-state index contributed by atoms with van der Waals surface area (Å²) in [5, 5.41) is 0. The number of nitrogens with two attached hydrogens (primary N) is 2. The molecule has 0 heterocycles. The number of para-hydroxylation sites is 1. The average molecular weight is 262 g/mol. The maximum atomic E-state index is 11.3. The summed E-state index contributed by atoms with van der Waals surface area (Å²) in [6.45, 7) is 4.26. The van der Waals surface area contributed by atoms with Crippen LogP contribution in [0.1, 0.15) is 44.6 Å². The van der Waals surface area contributed by atoms with Gasteiger partial charge in [0, 0.05) is 6.42 Å². The van der Waals surface area contributed by atoms with Crippen molar-refractivity contribution in [1.82, 2.24) is 0 Å². The lowest BCUT2D eigenvalue weighted by Crippen LogP contribution is -2.50. The van der Waals surface area contributed by atoms with E-state index in [4.69, 9.17) is 16.2 Å². The van der Waals surface area contributed by atoms with E-state index in [1.54, 1.807) is 0 Å². The van der Waals surface area contributed by atoms with Crippen molar-refractivity contribution in [1.29, 1.82) is 0 Å². The first-order valence-electron chi connectivity index (χ1n) is 6.77. The Bertz CT molecular complexity index is 473. The number of hydrogen-bond acceptors (Lipinski definition) is 3. The van der Waals surface area contributed by atoms with Crippen LogP contribution in [0.5, 0.6) is 5.75 Å². The molecule has 1 aliphatic carbocycles. The number of amides is 1. The topological polar surface area (TPSA) is 78.3 Å². The maximum absolute atomic E-state index is 11.3. The molecular formula is C15H22N2O2. The lowest BCUT2D eigenvalue weighted by molar-refractivity contribution is -0.123. The van der Waals surface area contributed by atoms with Crippen LogP contribution >= 0.6 is 0 Å². The number of hydrogen-bond donors (Lipinski definition) is 2. The molecule has 0 aliphatic heterocycles. The molecule has 104 valence electrons. The highest BCUT2D eigenvalue weighted by atomic mass is 16.5. The fourth-order valence-corrected chi connectivity index (χ4v) is 2.60. The molecule has 2 rings (SSSR count). The Morgan fingerprint density at radius 3 is 2.68 bits per heavy atom. The van der Waals surface area contributed by atoms with E-state index in [0.29, 0.717) is 18.8 Å². The number of benzene rings is 1. The molecular weight excluding hydrogens is 240 g/mol. The second-order valence-electron chi connectivity index (χ2n) is 5.70. The van der Waals surface area contributed by atoms with E-state index in [1.807, 2.05) is 18.2 Å². The monoisotopic (exact) mass is 262 g/mol. The van der Waals surface area contributed by atoms with Crippen LogP contribution < -0.4 is 16.2 Å². The molecule has 4 nitrogen and oxygen atoms in total. The van der Waals surface area contributed by atoms with Gasteiger partial charge in [-0.05, 0) is 30.4 Å². The predicted octanol–water partition coefficient (Wildman–Crippen LogP) is 1.92. The zero-order valence-electron chi connectivity index (χ0n) is 11.6. The van der Waals surface area contributed by atoms with Gasteiger partial charge in [0.1, 0.15) is 11.9 Å². The molecule has 1 amide bonds. The van der Waals surface area contributed by atoms with Gasteiger partial charge in [0.05, 0.1) is 5.54 Å². The molecule has 1 aliphatic rings. The summed E-state index contributed by atoms with van der Waals surface area (Å²) >= 11 is 0. The van der Waals surface area contributed by atoms with E-state index in [1.165, 1.54) is 5.56 Å². The lowest BCUT2D eigenvalue weighted by atomic mass is 9.98. The quantitative estimate of drug-likeness (QED) is 0.870. The average Bonchev–Trinajstić information content (AvgIpc) is 2.73. The van der Waals surface area contributed by atoms with Crippen LogP contribution in [-0.4, -0.2) is 17.6 Å². The Hall–Kier alpha value is -1.55. The zero-order chi connectivity index (χ0) is 14.0. The normalized spacial score (nSPS) is 26.6. The summed E-state index contributed by atoms with van der Waals surface area (Å²) in [7, 11) is 0. The third-order valence-corrected chi connectivity index (χ3v) is 3.83. The van der Waals surface area contributed by atoms with Crippen LogP contribution in [0.4, 0.5) is 0 Å². The summed E-state index contributed by atoms with van der Waals surface area (Å²) in [6.07, 6.45) is 1.83. The van der Waals surface area contributed by atoms with E-state index in [9.17, 15) is 4.79 Å². The second-order valence-corrected chi connectivity index (χ2v) is 5.70. The van der Waals surface area contributed by atoms with Crippen molar-refractivity contribution in [2.24, 2.45) is 11.5 Å². The maximum Gasteiger partial charge on any atom is 0.237 e. The fraction of sp³-hybridized carbons (Fsp3) is 0.533. The van der Waals surface area contributed by atoms with Crippen LogP contribution in [0, 0.1) is 0 Å². The van der Waals surface area contributed by atoms with Crippen LogP contribution in [-0.2, 0) is 4.79 Å². The van der Waals surface area contributed by atoms with Gasteiger partial charge in [-0.15, -0.1) is 0 Å². The molecule has 0 saturated heterocycles. The first kappa shape index (κ1) is 13.9. The summed E-state index contributed by atoms with van der Waals surface area (Å²) in [4.78, 5) is 11.3. The fourth-order valence-electron chi connectivity index (χ4n) is 2.60. The third-order valence-electron chi connectivity index (χ3n) is 3.83. The molecule has 1 aromatic carbocycles. The molecule has 0 radical (unpaired) electrons. The van der Waals surface area contributed by atoms with Gasteiger partial charge in [-0.3, -0.25) is 4.79 Å². The number of carbonyl (C=O) groups is 1. The van der Waals surface area contributed by atoms with Gasteiger partial charge in [-0.1, -0.05) is 32.0 Å². The molecule has 2 atom stereocenters. The van der Waals surface area contributed by atoms with Crippen molar-refractivity contribution in [2.75, 3.05) is 0 Å². The third kappa shape index (κ3) is 2.89. The predicted molar refractivity (Wildman–Crippen MR) is 74.9 cm³/mol. The molecule has 2 unspecified atom stereocenters. The summed E-state index contributed by atoms with van der Waals surface area (Å²) in [5.41, 5.74) is 11.6. The van der Waals surface area contributed by atoms with Crippen LogP contribution in [0.3, 0.4) is 0 Å². The molecule has 1 fully saturated rings. The van der Waals surface area contributed by atoms with Gasteiger partial charge < -0.3 is 16.2 Å². The van der Waals surface area contributed by atoms with Crippen molar-refractivity contribution in [3.05, 3.63) is 29.8 Å². The SMILES string of the molecule is CC(C)c1ccccc1OC1CCC(N)(C(N)=O)C1. The van der Waals surface area contributed by atoms with Gasteiger partial charge in [-0.25, -0.2) is 0 Å². The minimum Gasteiger partial charge on any atom is -0.490 e. The Morgan fingerprint density at radius 2 is 2.11 bits per heavy atom. The highest BCUT2D eigenvalue weighted by molar-refractivity contribution is 5.84. The molecule has 1 aromatic rings. The first-order valence-corrected chi connectivity index (χ1v) is 6.77. The summed E-state index contributed by atoms with van der Waals surface area (Å²) < 4.78 is 6.03. The Labute approximate surface area is 114 Å². The Balaban J connectivity index is 2.10. The van der Waals surface area contributed by atoms with Gasteiger partial charge in [-0.2, -0.15) is 0 Å². The largest absolute Gasteiger partial charge is 0.490 e. The first-order chi connectivity index (χ1) is 8.92. The Kier molecular flexibility index (Phi) is 3.80. The molecule has 1 saturated carbocycles. The van der Waals surface area contributed by atoms with Gasteiger partial charge in [0.25, 0.3) is 0 Å². The highest BCUT2D eigenvalue weighted by Crippen LogP contribution is 2.33. The summed E-state index contributed by atoms with van der Waals surface area (Å²) in [5.74, 6) is 0.850. The molecule has 0 aromatic heterocycles. The van der Waals surface area contributed by atoms with E-state index < -0.39 is 11.4 Å². The smallest absolute Gasteiger partial charge is 0.237 e. The van der Waals surface area contributed by atoms with Crippen molar-refractivity contribution in [2.45, 2.75) is 50.7 Å². The molecule has 0 spiro atoms. The molecule has 19 heavy (non-hydrogen) atoms. The standard InChI is InChI=1S/C15H22N2O2/c1-10(2)12-5-3-4-6-13(12)19-11-7-8-15(17,9-11)14(16)18/h3-6,10-11H,7-9,17H2,1-2H3,(H2,16,18). The van der Waals surface area contributed by atoms with E-state index in [-0.39, 0.29) is 6.10 Å². The van der Waals surface area contributed by atoms with Crippen molar-refractivity contribution in [3.63, 3.8) is 0 Å². The molecule has 4 N–H and O–H groups in total. The van der Waals surface area contributed by atoms with Crippen LogP contribution in [0.15, 0.2) is 24.3 Å². The van der Waals surface area contributed by atoms with Crippen LogP contribution in [0.2, 0.25) is 0 Å². The molecule has 4 heteroatoms. The highest BCUT2D eigenvalue weighted by Gasteiger charge is 2.41. The van der Waals surface area contributed by atoms with Crippen molar-refractivity contribution in [3.8, 4) is 5.75 Å². The van der Waals surface area contributed by atoms with Crippen molar-refractivity contribution >= 4 is 5.91 Å². The minimum atomic E-state index is -0.905. The van der Waals surface area contributed by atoms with E-state index in [2.05, 4.69) is 19.9 Å². The number of primary amides is 1. The Morgan fingerprint density at radius 1 is 1.42 bits per heavy atom.